The number of hydrogen-bond donors (Lipinski definition) is 0. The van der Waals surface area contributed by atoms with Gasteiger partial charge in [-0.15, -0.1) is 0 Å². The Hall–Kier alpha value is -1.26. The third-order valence-electron chi connectivity index (χ3n) is 3.67. The smallest absolute Gasteiger partial charge is 0.127 e. The summed E-state index contributed by atoms with van der Waals surface area (Å²) >= 11 is 5.37. The van der Waals surface area contributed by atoms with Gasteiger partial charge in [0.2, 0.25) is 0 Å². The first-order chi connectivity index (χ1) is 10.4. The van der Waals surface area contributed by atoms with Gasteiger partial charge in [-0.25, -0.2) is 0 Å². The first kappa shape index (κ1) is 15.6. The summed E-state index contributed by atoms with van der Waals surface area (Å²) in [6, 6.07) is 16.9. The lowest BCUT2D eigenvalue weighted by molar-refractivity contribution is 0.590. The molecule has 2 nitrogen and oxygen atoms in total. The maximum atomic E-state index is 4.76. The van der Waals surface area contributed by atoms with Crippen LogP contribution in [0.4, 0.5) is 5.69 Å². The fourth-order valence-electron chi connectivity index (χ4n) is 2.32. The molecule has 0 bridgehead atoms. The topological polar surface area (TPSA) is 15.6 Å². The zero-order chi connectivity index (χ0) is 15.7. The molecule has 4 heteroatoms. The molecule has 0 fully saturated rings. The molecular formula is C18H19BrN2S. The zero-order valence-corrected chi connectivity index (χ0v) is 15.4. The normalized spacial score (nSPS) is 15.1. The second-order valence-corrected chi connectivity index (χ2v) is 8.14. The van der Waals surface area contributed by atoms with Gasteiger partial charge in [-0.05, 0) is 29.2 Å². The molecule has 3 rings (SSSR count). The summed E-state index contributed by atoms with van der Waals surface area (Å²) in [5.74, 6) is 0.853. The van der Waals surface area contributed by atoms with Gasteiger partial charge >= 0.3 is 0 Å². The van der Waals surface area contributed by atoms with E-state index in [1.165, 1.54) is 5.56 Å². The number of nitrogens with zero attached hydrogens (tertiary/aromatic N) is 2. The van der Waals surface area contributed by atoms with Crippen LogP contribution >= 0.6 is 27.7 Å². The molecule has 0 unspecified atom stereocenters. The fourth-order valence-corrected chi connectivity index (χ4v) is 3.87. The highest BCUT2D eigenvalue weighted by Crippen LogP contribution is 2.32. The van der Waals surface area contributed by atoms with Crippen LogP contribution in [0.5, 0.6) is 0 Å². The number of halogens is 1. The van der Waals surface area contributed by atoms with Gasteiger partial charge in [0, 0.05) is 10.0 Å². The van der Waals surface area contributed by atoms with Crippen molar-refractivity contribution in [3.63, 3.8) is 0 Å². The first-order valence-electron chi connectivity index (χ1n) is 7.29. The molecule has 1 heterocycles. The number of thioether (sulfide) groups is 1. The van der Waals surface area contributed by atoms with Gasteiger partial charge in [0.15, 0.2) is 0 Å². The predicted molar refractivity (Wildman–Crippen MR) is 101 cm³/mol. The Morgan fingerprint density at radius 1 is 1.05 bits per heavy atom. The van der Waals surface area contributed by atoms with Gasteiger partial charge in [-0.2, -0.15) is 5.10 Å². The molecule has 0 N–H and O–H groups in total. The van der Waals surface area contributed by atoms with E-state index >= 15 is 0 Å². The fraction of sp³-hybridized carbons (Fsp3) is 0.278. The second kappa shape index (κ2) is 6.09. The van der Waals surface area contributed by atoms with E-state index in [4.69, 9.17) is 5.10 Å². The molecule has 0 saturated heterocycles. The average Bonchev–Trinajstić information content (AvgIpc) is 2.96. The summed E-state index contributed by atoms with van der Waals surface area (Å²) in [6.07, 6.45) is 0. The van der Waals surface area contributed by atoms with E-state index < -0.39 is 0 Å². The number of hydrazone groups is 1. The maximum absolute atomic E-state index is 4.76. The van der Waals surface area contributed by atoms with Crippen molar-refractivity contribution in [3.8, 4) is 0 Å². The highest BCUT2D eigenvalue weighted by atomic mass is 79.9. The number of benzene rings is 2. The Bertz CT molecular complexity index is 702. The molecule has 0 saturated carbocycles. The van der Waals surface area contributed by atoms with E-state index in [9.17, 15) is 0 Å². The van der Waals surface area contributed by atoms with E-state index in [-0.39, 0.29) is 5.41 Å². The van der Waals surface area contributed by atoms with E-state index in [1.54, 1.807) is 11.8 Å². The van der Waals surface area contributed by atoms with E-state index in [1.807, 2.05) is 12.1 Å². The van der Waals surface area contributed by atoms with Crippen molar-refractivity contribution in [2.75, 3.05) is 10.9 Å². The highest BCUT2D eigenvalue weighted by Gasteiger charge is 2.20. The first-order valence-corrected chi connectivity index (χ1v) is 9.07. The quantitative estimate of drug-likeness (QED) is 0.677. The van der Waals surface area contributed by atoms with Crippen molar-refractivity contribution in [3.05, 3.63) is 64.1 Å². The van der Waals surface area contributed by atoms with Gasteiger partial charge in [0.05, 0.1) is 11.6 Å². The van der Waals surface area contributed by atoms with Crippen molar-refractivity contribution in [2.45, 2.75) is 26.2 Å². The van der Waals surface area contributed by atoms with Crippen LogP contribution in [0.15, 0.2) is 58.1 Å². The van der Waals surface area contributed by atoms with Crippen molar-refractivity contribution in [1.82, 2.24) is 0 Å². The SMILES string of the molecule is CC(C)(C)c1ccc(N2CSC(c3ccccc3Br)=N2)cc1. The molecule has 0 spiro atoms. The summed E-state index contributed by atoms with van der Waals surface area (Å²) in [6.45, 7) is 6.70. The van der Waals surface area contributed by atoms with Crippen LogP contribution < -0.4 is 5.01 Å². The van der Waals surface area contributed by atoms with E-state index in [0.717, 1.165) is 26.6 Å². The monoisotopic (exact) mass is 374 g/mol. The molecule has 0 aromatic heterocycles. The summed E-state index contributed by atoms with van der Waals surface area (Å²) in [5, 5.41) is 7.89. The Morgan fingerprint density at radius 2 is 1.73 bits per heavy atom. The Kier molecular flexibility index (Phi) is 4.33. The molecule has 0 atom stereocenters. The third kappa shape index (κ3) is 3.23. The Balaban J connectivity index is 1.84. The number of rotatable bonds is 2. The van der Waals surface area contributed by atoms with Crippen LogP contribution in [0.1, 0.15) is 31.9 Å². The van der Waals surface area contributed by atoms with Crippen LogP contribution in [0.2, 0.25) is 0 Å². The van der Waals surface area contributed by atoms with Crippen LogP contribution in [-0.2, 0) is 5.41 Å². The molecule has 0 aliphatic carbocycles. The number of hydrogen-bond acceptors (Lipinski definition) is 3. The van der Waals surface area contributed by atoms with E-state index in [0.29, 0.717) is 0 Å². The van der Waals surface area contributed by atoms with Crippen LogP contribution in [0.25, 0.3) is 0 Å². The lowest BCUT2D eigenvalue weighted by Crippen LogP contribution is -2.13. The summed E-state index contributed by atoms with van der Waals surface area (Å²) < 4.78 is 1.09. The Labute approximate surface area is 144 Å². The molecule has 1 aliphatic rings. The van der Waals surface area contributed by atoms with E-state index in [2.05, 4.69) is 78.1 Å². The average molecular weight is 375 g/mol. The molecule has 0 radical (unpaired) electrons. The van der Waals surface area contributed by atoms with Crippen molar-refractivity contribution in [1.29, 1.82) is 0 Å². The molecule has 1 aliphatic heterocycles. The summed E-state index contributed by atoms with van der Waals surface area (Å²) in [7, 11) is 0. The summed E-state index contributed by atoms with van der Waals surface area (Å²) in [4.78, 5) is 0. The molecule has 0 amide bonds. The summed E-state index contributed by atoms with van der Waals surface area (Å²) in [5.41, 5.74) is 3.82. The maximum Gasteiger partial charge on any atom is 0.127 e. The molecule has 114 valence electrons. The molecule has 2 aromatic carbocycles. The third-order valence-corrected chi connectivity index (χ3v) is 5.31. The highest BCUT2D eigenvalue weighted by molar-refractivity contribution is 9.10. The van der Waals surface area contributed by atoms with Crippen molar-refractivity contribution >= 4 is 38.4 Å². The van der Waals surface area contributed by atoms with Crippen LogP contribution in [-0.4, -0.2) is 10.9 Å². The molecule has 22 heavy (non-hydrogen) atoms. The predicted octanol–water partition coefficient (Wildman–Crippen LogP) is 5.62. The van der Waals surface area contributed by atoms with Gasteiger partial charge in [-0.1, -0.05) is 78.8 Å². The second-order valence-electron chi connectivity index (χ2n) is 6.35. The minimum atomic E-state index is 0.182. The lowest BCUT2D eigenvalue weighted by Gasteiger charge is -2.20. The minimum absolute atomic E-state index is 0.182. The minimum Gasteiger partial charge on any atom is -0.254 e. The van der Waals surface area contributed by atoms with Gasteiger partial charge in [0.25, 0.3) is 0 Å². The number of anilines is 1. The largest absolute Gasteiger partial charge is 0.254 e. The van der Waals surface area contributed by atoms with Gasteiger partial charge < -0.3 is 0 Å². The van der Waals surface area contributed by atoms with Crippen molar-refractivity contribution < 1.29 is 0 Å². The van der Waals surface area contributed by atoms with Gasteiger partial charge in [-0.3, -0.25) is 5.01 Å². The lowest BCUT2D eigenvalue weighted by atomic mass is 9.87. The van der Waals surface area contributed by atoms with Crippen LogP contribution in [0.3, 0.4) is 0 Å². The van der Waals surface area contributed by atoms with Gasteiger partial charge in [0.1, 0.15) is 5.04 Å². The zero-order valence-electron chi connectivity index (χ0n) is 13.0. The van der Waals surface area contributed by atoms with Crippen molar-refractivity contribution in [2.24, 2.45) is 5.10 Å². The Morgan fingerprint density at radius 3 is 2.36 bits per heavy atom. The molecular weight excluding hydrogens is 356 g/mol. The standard InChI is InChI=1S/C18H19BrN2S/c1-18(2,3)13-8-10-14(11-9-13)21-12-22-17(20-21)15-6-4-5-7-16(15)19/h4-11H,12H2,1-3H3. The van der Waals surface area contributed by atoms with Crippen LogP contribution in [0, 0.1) is 0 Å². The molecule has 2 aromatic rings.